The third-order valence-electron chi connectivity index (χ3n) is 4.68. The Kier molecular flexibility index (Phi) is 3.54. The highest BCUT2D eigenvalue weighted by Crippen LogP contribution is 2.56. The number of methoxy groups -OCH3 is 1. The van der Waals surface area contributed by atoms with Gasteiger partial charge in [-0.15, -0.1) is 11.8 Å². The molecule has 2 aromatic carbocycles. The number of nitrogens with zero attached hydrogens (tertiary/aromatic N) is 1. The molecule has 2 heterocycles. The van der Waals surface area contributed by atoms with E-state index in [1.165, 1.54) is 19.2 Å². The minimum Gasteiger partial charge on any atom is -0.496 e. The van der Waals surface area contributed by atoms with Gasteiger partial charge in [0.1, 0.15) is 10.6 Å². The van der Waals surface area contributed by atoms with Crippen molar-refractivity contribution in [2.24, 2.45) is 0 Å². The van der Waals surface area contributed by atoms with Gasteiger partial charge in [0.15, 0.2) is 0 Å². The number of rotatable bonds is 2. The number of benzene rings is 2. The lowest BCUT2D eigenvalue weighted by molar-refractivity contribution is -0.137. The molecule has 0 aromatic heterocycles. The molecule has 2 aliphatic rings. The fourth-order valence-corrected chi connectivity index (χ4v) is 5.13. The maximum atomic E-state index is 12.9. The summed E-state index contributed by atoms with van der Waals surface area (Å²) in [5, 5.41) is 0. The summed E-state index contributed by atoms with van der Waals surface area (Å²) < 4.78 is 44.0. The van der Waals surface area contributed by atoms with Crippen molar-refractivity contribution in [3.63, 3.8) is 0 Å². The minimum absolute atomic E-state index is 0.141. The van der Waals surface area contributed by atoms with Gasteiger partial charge in [0, 0.05) is 17.9 Å². The molecule has 0 aliphatic carbocycles. The standard InChI is InChI=1S/C18H14F3NO2S/c1-24-14-4-2-3-13-15(14)16(23)22-9-10-25-17(13,22)11-5-7-12(8-6-11)18(19,20)21/h2-8H,9-10H2,1H3. The Morgan fingerprint density at radius 2 is 1.88 bits per heavy atom. The van der Waals surface area contributed by atoms with Crippen molar-refractivity contribution in [3.8, 4) is 5.75 Å². The quantitative estimate of drug-likeness (QED) is 0.802. The first kappa shape index (κ1) is 16.3. The molecule has 1 unspecified atom stereocenters. The van der Waals surface area contributed by atoms with Crippen LogP contribution in [-0.2, 0) is 11.0 Å². The van der Waals surface area contributed by atoms with E-state index in [1.54, 1.807) is 28.8 Å². The molecule has 0 saturated carbocycles. The lowest BCUT2D eigenvalue weighted by Gasteiger charge is -2.32. The third-order valence-corrected chi connectivity index (χ3v) is 6.16. The number of alkyl halides is 3. The van der Waals surface area contributed by atoms with E-state index in [0.717, 1.165) is 23.4 Å². The van der Waals surface area contributed by atoms with E-state index in [0.29, 0.717) is 23.4 Å². The first-order valence-electron chi connectivity index (χ1n) is 7.71. The molecule has 0 bridgehead atoms. The van der Waals surface area contributed by atoms with E-state index in [2.05, 4.69) is 0 Å². The number of hydrogen-bond acceptors (Lipinski definition) is 3. The van der Waals surface area contributed by atoms with E-state index in [-0.39, 0.29) is 5.91 Å². The zero-order chi connectivity index (χ0) is 17.8. The normalized spacial score (nSPS) is 22.1. The van der Waals surface area contributed by atoms with Crippen molar-refractivity contribution in [3.05, 3.63) is 64.7 Å². The highest BCUT2D eigenvalue weighted by molar-refractivity contribution is 8.00. The number of carbonyl (C=O) groups is 1. The highest BCUT2D eigenvalue weighted by Gasteiger charge is 2.55. The van der Waals surface area contributed by atoms with Crippen LogP contribution in [0.5, 0.6) is 5.75 Å². The van der Waals surface area contributed by atoms with Crippen LogP contribution in [0.25, 0.3) is 0 Å². The molecule has 2 aliphatic heterocycles. The van der Waals surface area contributed by atoms with E-state index >= 15 is 0 Å². The number of amides is 1. The van der Waals surface area contributed by atoms with Crippen LogP contribution in [0.1, 0.15) is 27.0 Å². The lowest BCUT2D eigenvalue weighted by Crippen LogP contribution is -2.37. The average Bonchev–Trinajstić information content (AvgIpc) is 3.14. The van der Waals surface area contributed by atoms with Crippen molar-refractivity contribution >= 4 is 17.7 Å². The molecular formula is C18H14F3NO2S. The zero-order valence-electron chi connectivity index (χ0n) is 13.3. The Labute approximate surface area is 146 Å². The Morgan fingerprint density at radius 1 is 1.16 bits per heavy atom. The van der Waals surface area contributed by atoms with Crippen molar-refractivity contribution < 1.29 is 22.7 Å². The van der Waals surface area contributed by atoms with Gasteiger partial charge in [0.05, 0.1) is 18.2 Å². The summed E-state index contributed by atoms with van der Waals surface area (Å²) in [5.41, 5.74) is 1.25. The second-order valence-electron chi connectivity index (χ2n) is 5.91. The van der Waals surface area contributed by atoms with Crippen LogP contribution in [0.3, 0.4) is 0 Å². The SMILES string of the molecule is COc1cccc2c1C(=O)N1CCSC21c1ccc(C(F)(F)F)cc1. The first-order chi connectivity index (χ1) is 11.9. The molecule has 1 saturated heterocycles. The van der Waals surface area contributed by atoms with Gasteiger partial charge in [-0.3, -0.25) is 4.79 Å². The number of hydrogen-bond donors (Lipinski definition) is 0. The van der Waals surface area contributed by atoms with Crippen LogP contribution in [0.2, 0.25) is 0 Å². The first-order valence-corrected chi connectivity index (χ1v) is 8.69. The molecule has 25 heavy (non-hydrogen) atoms. The van der Waals surface area contributed by atoms with Gasteiger partial charge in [0.2, 0.25) is 0 Å². The molecular weight excluding hydrogens is 351 g/mol. The molecule has 1 atom stereocenters. The maximum absolute atomic E-state index is 12.9. The molecule has 1 fully saturated rings. The van der Waals surface area contributed by atoms with Crippen molar-refractivity contribution in [1.29, 1.82) is 0 Å². The lowest BCUT2D eigenvalue weighted by atomic mass is 9.95. The number of fused-ring (bicyclic) bond motifs is 3. The molecule has 1 amide bonds. The smallest absolute Gasteiger partial charge is 0.416 e. The second-order valence-corrected chi connectivity index (χ2v) is 7.19. The van der Waals surface area contributed by atoms with Gasteiger partial charge in [0.25, 0.3) is 5.91 Å². The summed E-state index contributed by atoms with van der Waals surface area (Å²) in [5.74, 6) is 1.07. The molecule has 0 N–H and O–H groups in total. The number of halogens is 3. The predicted octanol–water partition coefficient (Wildman–Crippen LogP) is 4.12. The van der Waals surface area contributed by atoms with Crippen LogP contribution in [0.4, 0.5) is 13.2 Å². The van der Waals surface area contributed by atoms with Gasteiger partial charge in [-0.05, 0) is 23.8 Å². The van der Waals surface area contributed by atoms with Gasteiger partial charge >= 0.3 is 6.18 Å². The Hall–Kier alpha value is -2.15. The van der Waals surface area contributed by atoms with Crippen molar-refractivity contribution in [2.75, 3.05) is 19.4 Å². The minimum atomic E-state index is -4.38. The average molecular weight is 365 g/mol. The Morgan fingerprint density at radius 3 is 2.52 bits per heavy atom. The van der Waals surface area contributed by atoms with Crippen LogP contribution < -0.4 is 4.74 Å². The number of ether oxygens (including phenoxy) is 1. The van der Waals surface area contributed by atoms with Crippen LogP contribution >= 0.6 is 11.8 Å². The van der Waals surface area contributed by atoms with Gasteiger partial charge in [-0.2, -0.15) is 13.2 Å². The van der Waals surface area contributed by atoms with Crippen LogP contribution in [0.15, 0.2) is 42.5 Å². The summed E-state index contributed by atoms with van der Waals surface area (Å²) in [4.78, 5) is 13.9. The summed E-state index contributed by atoms with van der Waals surface area (Å²) in [6, 6.07) is 10.5. The molecule has 0 radical (unpaired) electrons. The van der Waals surface area contributed by atoms with Crippen LogP contribution in [0, 0.1) is 0 Å². The van der Waals surface area contributed by atoms with Crippen LogP contribution in [-0.4, -0.2) is 30.2 Å². The predicted molar refractivity (Wildman–Crippen MR) is 88.7 cm³/mol. The Balaban J connectivity index is 1.90. The monoisotopic (exact) mass is 365 g/mol. The van der Waals surface area contributed by atoms with E-state index in [4.69, 9.17) is 4.74 Å². The number of thioether (sulfide) groups is 1. The second kappa shape index (κ2) is 5.42. The summed E-state index contributed by atoms with van der Waals surface area (Å²) in [6.45, 7) is 0.544. The topological polar surface area (TPSA) is 29.5 Å². The summed E-state index contributed by atoms with van der Waals surface area (Å²) >= 11 is 1.56. The third kappa shape index (κ3) is 2.18. The fourth-order valence-electron chi connectivity index (χ4n) is 3.61. The Bertz CT molecular complexity index is 850. The summed E-state index contributed by atoms with van der Waals surface area (Å²) in [6.07, 6.45) is -4.38. The zero-order valence-corrected chi connectivity index (χ0v) is 14.1. The fraction of sp³-hybridized carbons (Fsp3) is 0.278. The number of carbonyl (C=O) groups excluding carboxylic acids is 1. The van der Waals surface area contributed by atoms with Gasteiger partial charge in [-0.25, -0.2) is 0 Å². The molecule has 3 nitrogen and oxygen atoms in total. The van der Waals surface area contributed by atoms with Gasteiger partial charge < -0.3 is 9.64 Å². The highest BCUT2D eigenvalue weighted by atomic mass is 32.2. The molecule has 130 valence electrons. The molecule has 7 heteroatoms. The molecule has 4 rings (SSSR count). The molecule has 2 aromatic rings. The van der Waals surface area contributed by atoms with E-state index < -0.39 is 16.6 Å². The molecule has 0 spiro atoms. The van der Waals surface area contributed by atoms with Crippen molar-refractivity contribution in [1.82, 2.24) is 4.90 Å². The largest absolute Gasteiger partial charge is 0.496 e. The van der Waals surface area contributed by atoms with E-state index in [1.807, 2.05) is 6.07 Å². The van der Waals surface area contributed by atoms with Crippen molar-refractivity contribution in [2.45, 2.75) is 11.0 Å². The van der Waals surface area contributed by atoms with Gasteiger partial charge in [-0.1, -0.05) is 24.3 Å². The summed E-state index contributed by atoms with van der Waals surface area (Å²) in [7, 11) is 1.50. The van der Waals surface area contributed by atoms with E-state index in [9.17, 15) is 18.0 Å². The maximum Gasteiger partial charge on any atom is 0.416 e.